The number of esters is 1. The van der Waals surface area contributed by atoms with Gasteiger partial charge in [0.15, 0.2) is 6.73 Å². The lowest BCUT2D eigenvalue weighted by Gasteiger charge is -2.20. The molecule has 1 heterocycles. The van der Waals surface area contributed by atoms with Crippen molar-refractivity contribution >= 4 is 5.97 Å². The van der Waals surface area contributed by atoms with E-state index in [1.807, 2.05) is 33.9 Å². The summed E-state index contributed by atoms with van der Waals surface area (Å²) in [6.45, 7) is 7.60. The highest BCUT2D eigenvalue weighted by Crippen LogP contribution is 2.15. The summed E-state index contributed by atoms with van der Waals surface area (Å²) < 4.78 is 5.08. The zero-order chi connectivity index (χ0) is 10.8. The summed E-state index contributed by atoms with van der Waals surface area (Å²) in [6, 6.07) is 0. The van der Waals surface area contributed by atoms with E-state index >= 15 is 0 Å². The lowest BCUT2D eigenvalue weighted by molar-refractivity contribution is -0.157. The summed E-state index contributed by atoms with van der Waals surface area (Å²) in [5.41, 5.74) is 6.24. The number of hydrogen-bond donors (Lipinski definition) is 2. The molecule has 0 unspecified atom stereocenters. The number of hydrazine groups is 2. The number of carbonyl (C=O) groups is 1. The Balaban J connectivity index is 2.31. The van der Waals surface area contributed by atoms with Gasteiger partial charge >= 0.3 is 5.97 Å². The molecule has 5 heteroatoms. The standard InChI is InChI=1S/C9H17N3O2/c1-7-5-12(11-10-7)6-14-8(13)9(2,3)4/h5,10-11H,6H2,1-4H3. The number of carbonyl (C=O) groups excluding carboxylic acids is 1. The van der Waals surface area contributed by atoms with Crippen molar-refractivity contribution in [3.8, 4) is 0 Å². The molecule has 80 valence electrons. The van der Waals surface area contributed by atoms with Crippen molar-refractivity contribution in [1.82, 2.24) is 16.0 Å². The average molecular weight is 199 g/mol. The minimum atomic E-state index is -0.452. The van der Waals surface area contributed by atoms with Crippen molar-refractivity contribution in [3.05, 3.63) is 11.9 Å². The van der Waals surface area contributed by atoms with E-state index < -0.39 is 5.41 Å². The van der Waals surface area contributed by atoms with E-state index in [0.29, 0.717) is 0 Å². The Morgan fingerprint density at radius 1 is 1.57 bits per heavy atom. The Morgan fingerprint density at radius 2 is 2.21 bits per heavy atom. The van der Waals surface area contributed by atoms with E-state index in [4.69, 9.17) is 4.74 Å². The van der Waals surface area contributed by atoms with E-state index in [2.05, 4.69) is 11.0 Å². The van der Waals surface area contributed by atoms with Crippen LogP contribution in [0.2, 0.25) is 0 Å². The monoisotopic (exact) mass is 199 g/mol. The predicted molar refractivity (Wildman–Crippen MR) is 52.3 cm³/mol. The molecule has 1 aliphatic rings. The van der Waals surface area contributed by atoms with Crippen LogP contribution >= 0.6 is 0 Å². The highest BCUT2D eigenvalue weighted by Gasteiger charge is 2.23. The van der Waals surface area contributed by atoms with Gasteiger partial charge in [0.1, 0.15) is 0 Å². The second-order valence-electron chi connectivity index (χ2n) is 4.33. The van der Waals surface area contributed by atoms with Crippen molar-refractivity contribution in [1.29, 1.82) is 0 Å². The van der Waals surface area contributed by atoms with Gasteiger partial charge in [-0.2, -0.15) is 0 Å². The Labute approximate surface area is 84.0 Å². The third-order valence-electron chi connectivity index (χ3n) is 1.69. The van der Waals surface area contributed by atoms with Gasteiger partial charge in [-0.1, -0.05) is 0 Å². The molecule has 0 saturated carbocycles. The molecule has 14 heavy (non-hydrogen) atoms. The van der Waals surface area contributed by atoms with Crippen LogP contribution in [0.1, 0.15) is 27.7 Å². The minimum Gasteiger partial charge on any atom is -0.442 e. The molecule has 0 spiro atoms. The van der Waals surface area contributed by atoms with Gasteiger partial charge in [-0.05, 0) is 27.7 Å². The molecular formula is C9H17N3O2. The third kappa shape index (κ3) is 2.92. The highest BCUT2D eigenvalue weighted by molar-refractivity contribution is 5.75. The van der Waals surface area contributed by atoms with Gasteiger partial charge < -0.3 is 10.2 Å². The maximum Gasteiger partial charge on any atom is 0.312 e. The fourth-order valence-corrected chi connectivity index (χ4v) is 0.873. The number of allylic oxidation sites excluding steroid dienone is 1. The summed E-state index contributed by atoms with van der Waals surface area (Å²) in [6.07, 6.45) is 1.83. The van der Waals surface area contributed by atoms with Crippen LogP contribution in [0.4, 0.5) is 0 Å². The summed E-state index contributed by atoms with van der Waals surface area (Å²) in [4.78, 5) is 11.4. The number of nitrogens with one attached hydrogen (secondary N) is 2. The van der Waals surface area contributed by atoms with Crippen molar-refractivity contribution in [2.24, 2.45) is 5.41 Å². The topological polar surface area (TPSA) is 53.6 Å². The van der Waals surface area contributed by atoms with Crippen molar-refractivity contribution in [2.75, 3.05) is 6.73 Å². The molecule has 0 radical (unpaired) electrons. The molecule has 0 saturated heterocycles. The Morgan fingerprint density at radius 3 is 2.64 bits per heavy atom. The van der Waals surface area contributed by atoms with E-state index in [1.54, 1.807) is 5.01 Å². The fourth-order valence-electron chi connectivity index (χ4n) is 0.873. The SMILES string of the molecule is CC1=CN(COC(=O)C(C)(C)C)NN1. The van der Waals surface area contributed by atoms with E-state index in [0.717, 1.165) is 5.70 Å². The maximum absolute atomic E-state index is 11.4. The third-order valence-corrected chi connectivity index (χ3v) is 1.69. The molecule has 0 aliphatic carbocycles. The molecule has 5 nitrogen and oxygen atoms in total. The zero-order valence-corrected chi connectivity index (χ0v) is 9.05. The van der Waals surface area contributed by atoms with Crippen LogP contribution in [0.5, 0.6) is 0 Å². The average Bonchev–Trinajstić information content (AvgIpc) is 2.45. The smallest absolute Gasteiger partial charge is 0.312 e. The van der Waals surface area contributed by atoms with Gasteiger partial charge in [-0.3, -0.25) is 9.80 Å². The van der Waals surface area contributed by atoms with E-state index in [-0.39, 0.29) is 12.7 Å². The van der Waals surface area contributed by atoms with E-state index in [1.165, 1.54) is 0 Å². The fraction of sp³-hybridized carbons (Fsp3) is 0.667. The summed E-state index contributed by atoms with van der Waals surface area (Å²) in [7, 11) is 0. The first-order chi connectivity index (χ1) is 6.39. The van der Waals surface area contributed by atoms with Crippen molar-refractivity contribution in [2.45, 2.75) is 27.7 Å². The number of hydrogen-bond acceptors (Lipinski definition) is 5. The van der Waals surface area contributed by atoms with Gasteiger partial charge in [-0.15, -0.1) is 5.53 Å². The van der Waals surface area contributed by atoms with Crippen molar-refractivity contribution in [3.63, 3.8) is 0 Å². The van der Waals surface area contributed by atoms with Crippen LogP contribution in [0, 0.1) is 5.41 Å². The normalized spacial score (nSPS) is 16.3. The second-order valence-corrected chi connectivity index (χ2v) is 4.33. The molecule has 0 atom stereocenters. The first-order valence-corrected chi connectivity index (χ1v) is 4.53. The highest BCUT2D eigenvalue weighted by atomic mass is 16.5. The molecule has 0 aromatic carbocycles. The van der Waals surface area contributed by atoms with Crippen LogP contribution in [-0.2, 0) is 9.53 Å². The maximum atomic E-state index is 11.4. The molecule has 0 aromatic heterocycles. The second kappa shape index (κ2) is 3.88. The van der Waals surface area contributed by atoms with Gasteiger partial charge in [0, 0.05) is 11.9 Å². The van der Waals surface area contributed by atoms with Crippen LogP contribution in [0.15, 0.2) is 11.9 Å². The quantitative estimate of drug-likeness (QED) is 0.642. The summed E-state index contributed by atoms with van der Waals surface area (Å²) >= 11 is 0. The van der Waals surface area contributed by atoms with Crippen molar-refractivity contribution < 1.29 is 9.53 Å². The first kappa shape index (κ1) is 10.8. The summed E-state index contributed by atoms with van der Waals surface area (Å²) in [5.74, 6) is -0.211. The van der Waals surface area contributed by atoms with Crippen LogP contribution in [-0.4, -0.2) is 17.7 Å². The molecule has 1 aliphatic heterocycles. The van der Waals surface area contributed by atoms with Crippen LogP contribution < -0.4 is 11.0 Å². The molecular weight excluding hydrogens is 182 g/mol. The van der Waals surface area contributed by atoms with Gasteiger partial charge in [0.05, 0.1) is 5.41 Å². The molecule has 0 bridgehead atoms. The zero-order valence-electron chi connectivity index (χ0n) is 9.05. The molecule has 0 amide bonds. The minimum absolute atomic E-state index is 0.209. The van der Waals surface area contributed by atoms with Gasteiger partial charge in [0.2, 0.25) is 0 Å². The molecule has 1 rings (SSSR count). The van der Waals surface area contributed by atoms with Crippen LogP contribution in [0.25, 0.3) is 0 Å². The number of nitrogens with zero attached hydrogens (tertiary/aromatic N) is 1. The number of ether oxygens (including phenoxy) is 1. The molecule has 0 aromatic rings. The van der Waals surface area contributed by atoms with E-state index in [9.17, 15) is 4.79 Å². The molecule has 0 fully saturated rings. The van der Waals surface area contributed by atoms with Crippen LogP contribution in [0.3, 0.4) is 0 Å². The largest absolute Gasteiger partial charge is 0.442 e. The first-order valence-electron chi connectivity index (χ1n) is 4.53. The lowest BCUT2D eigenvalue weighted by atomic mass is 9.98. The van der Waals surface area contributed by atoms with Gasteiger partial charge in [-0.25, -0.2) is 0 Å². The Bertz CT molecular complexity index is 255. The number of rotatable bonds is 2. The predicted octanol–water partition coefficient (Wildman–Crippen LogP) is 0.719. The Kier molecular flexibility index (Phi) is 3.00. The summed E-state index contributed by atoms with van der Waals surface area (Å²) in [5, 5.41) is 1.67. The van der Waals surface area contributed by atoms with Gasteiger partial charge in [0.25, 0.3) is 0 Å². The Hall–Kier alpha value is -1.23. The molecule has 2 N–H and O–H groups in total. The lowest BCUT2D eigenvalue weighted by Crippen LogP contribution is -2.39.